The number of aromatic nitrogens is 2. The van der Waals surface area contributed by atoms with E-state index in [4.69, 9.17) is 0 Å². The first-order valence-corrected chi connectivity index (χ1v) is 12.0. The Bertz CT molecular complexity index is 1200. The second-order valence-corrected chi connectivity index (χ2v) is 10.9. The number of rotatable bonds is 7. The molecule has 0 aliphatic carbocycles. The molecule has 3 rings (SSSR count). The highest BCUT2D eigenvalue weighted by molar-refractivity contribution is 8.00. The van der Waals surface area contributed by atoms with Crippen LogP contribution in [0.25, 0.3) is 5.69 Å². The Morgan fingerprint density at radius 3 is 2.61 bits per heavy atom. The molecule has 1 aromatic heterocycles. The lowest BCUT2D eigenvalue weighted by Crippen LogP contribution is -2.24. The molecule has 0 aliphatic heterocycles. The highest BCUT2D eigenvalue weighted by Gasteiger charge is 2.21. The van der Waals surface area contributed by atoms with E-state index in [0.717, 1.165) is 21.1 Å². The Kier molecular flexibility index (Phi) is 6.88. The normalized spacial score (nSPS) is 12.7. The van der Waals surface area contributed by atoms with E-state index in [0.29, 0.717) is 10.8 Å². The minimum absolute atomic E-state index is 0.126. The van der Waals surface area contributed by atoms with Crippen molar-refractivity contribution in [2.45, 2.75) is 36.1 Å². The summed E-state index contributed by atoms with van der Waals surface area (Å²) < 4.78 is 27.8. The molecule has 0 saturated carbocycles. The van der Waals surface area contributed by atoms with Crippen molar-refractivity contribution in [3.05, 3.63) is 66.0 Å². The summed E-state index contributed by atoms with van der Waals surface area (Å²) in [5.41, 5.74) is 3.71. The van der Waals surface area contributed by atoms with Crippen LogP contribution in [0.1, 0.15) is 18.1 Å². The van der Waals surface area contributed by atoms with Gasteiger partial charge in [0, 0.05) is 32.2 Å². The predicted octanol–water partition coefficient (Wildman–Crippen LogP) is 3.86. The van der Waals surface area contributed by atoms with Gasteiger partial charge in [0.15, 0.2) is 5.16 Å². The molecule has 3 aromatic rings. The topological polar surface area (TPSA) is 84.3 Å². The summed E-state index contributed by atoms with van der Waals surface area (Å²) in [4.78, 5) is 17.3. The second kappa shape index (κ2) is 9.25. The lowest BCUT2D eigenvalue weighted by molar-refractivity contribution is -0.115. The molecule has 0 aliphatic rings. The number of carbonyl (C=O) groups is 1. The Morgan fingerprint density at radius 1 is 1.16 bits per heavy atom. The molecule has 0 bridgehead atoms. The summed E-state index contributed by atoms with van der Waals surface area (Å²) in [6.07, 6.45) is 3.59. The summed E-state index contributed by atoms with van der Waals surface area (Å²) in [5, 5.41) is 3.07. The molecule has 2 aromatic carbocycles. The summed E-state index contributed by atoms with van der Waals surface area (Å²) in [6.45, 7) is 5.87. The van der Waals surface area contributed by atoms with Gasteiger partial charge < -0.3 is 5.32 Å². The first-order valence-electron chi connectivity index (χ1n) is 9.70. The van der Waals surface area contributed by atoms with Gasteiger partial charge in [0.2, 0.25) is 15.9 Å². The van der Waals surface area contributed by atoms with E-state index >= 15 is 0 Å². The second-order valence-electron chi connectivity index (χ2n) is 7.43. The van der Waals surface area contributed by atoms with Gasteiger partial charge in [-0.15, -0.1) is 0 Å². The Morgan fingerprint density at radius 2 is 1.90 bits per heavy atom. The Hall–Kier alpha value is -2.62. The molecule has 0 fully saturated rings. The third kappa shape index (κ3) is 5.17. The fourth-order valence-electron chi connectivity index (χ4n) is 2.94. The maximum absolute atomic E-state index is 12.8. The largest absolute Gasteiger partial charge is 0.325 e. The molecule has 1 heterocycles. The van der Waals surface area contributed by atoms with Crippen LogP contribution in [0.5, 0.6) is 0 Å². The fourth-order valence-corrected chi connectivity index (χ4v) is 4.76. The number of hydrogen-bond donors (Lipinski definition) is 1. The molecule has 1 N–H and O–H groups in total. The number of benzene rings is 2. The van der Waals surface area contributed by atoms with Gasteiger partial charge in [-0.25, -0.2) is 17.7 Å². The number of sulfonamides is 1. The molecule has 1 atom stereocenters. The fraction of sp³-hybridized carbons (Fsp3) is 0.273. The van der Waals surface area contributed by atoms with Gasteiger partial charge in [0.1, 0.15) is 0 Å². The molecule has 0 spiro atoms. The van der Waals surface area contributed by atoms with Crippen molar-refractivity contribution in [3.63, 3.8) is 0 Å². The van der Waals surface area contributed by atoms with Crippen LogP contribution in [-0.4, -0.2) is 47.5 Å². The molecule has 7 nitrogen and oxygen atoms in total. The van der Waals surface area contributed by atoms with Crippen molar-refractivity contribution in [1.29, 1.82) is 0 Å². The zero-order chi connectivity index (χ0) is 22.8. The summed E-state index contributed by atoms with van der Waals surface area (Å²) in [6, 6.07) is 12.4. The van der Waals surface area contributed by atoms with Crippen molar-refractivity contribution >= 4 is 33.4 Å². The minimum Gasteiger partial charge on any atom is -0.325 e. The lowest BCUT2D eigenvalue weighted by atomic mass is 10.1. The number of amides is 1. The van der Waals surface area contributed by atoms with E-state index in [1.165, 1.54) is 38.0 Å². The van der Waals surface area contributed by atoms with Gasteiger partial charge in [0.05, 0.1) is 15.8 Å². The first kappa shape index (κ1) is 23.1. The summed E-state index contributed by atoms with van der Waals surface area (Å²) in [5.74, 6) is -0.236. The number of nitrogens with zero attached hydrogens (tertiary/aromatic N) is 3. The molecule has 164 valence electrons. The average molecular weight is 459 g/mol. The maximum atomic E-state index is 12.8. The zero-order valence-corrected chi connectivity index (χ0v) is 19.8. The van der Waals surface area contributed by atoms with Crippen LogP contribution >= 0.6 is 11.8 Å². The summed E-state index contributed by atoms with van der Waals surface area (Å²) >= 11 is 1.34. The van der Waals surface area contributed by atoms with Gasteiger partial charge in [-0.1, -0.05) is 30.0 Å². The van der Waals surface area contributed by atoms with E-state index in [-0.39, 0.29) is 10.8 Å². The van der Waals surface area contributed by atoms with Crippen molar-refractivity contribution in [1.82, 2.24) is 13.9 Å². The zero-order valence-electron chi connectivity index (χ0n) is 18.2. The SMILES string of the molecule is Cc1ccc(C)c(-n2ccnc2SC(C)C(=O)Nc2cccc(S(=O)(=O)N(C)C)c2)c1. The quantitative estimate of drug-likeness (QED) is 0.544. The molecule has 0 radical (unpaired) electrons. The minimum atomic E-state index is -3.58. The molecule has 31 heavy (non-hydrogen) atoms. The molecular formula is C22H26N4O3S2. The van der Waals surface area contributed by atoms with Crippen LogP contribution in [-0.2, 0) is 14.8 Å². The molecular weight excluding hydrogens is 432 g/mol. The monoisotopic (exact) mass is 458 g/mol. The van der Waals surface area contributed by atoms with Crippen LogP contribution in [0.2, 0.25) is 0 Å². The Balaban J connectivity index is 1.76. The van der Waals surface area contributed by atoms with Crippen LogP contribution in [0.15, 0.2) is 64.9 Å². The van der Waals surface area contributed by atoms with E-state index in [1.54, 1.807) is 25.3 Å². The Labute approximate surface area is 187 Å². The van der Waals surface area contributed by atoms with E-state index in [1.807, 2.05) is 24.6 Å². The van der Waals surface area contributed by atoms with Gasteiger partial charge in [-0.2, -0.15) is 0 Å². The van der Waals surface area contributed by atoms with Gasteiger partial charge in [-0.3, -0.25) is 9.36 Å². The number of anilines is 1. The van der Waals surface area contributed by atoms with Crippen LogP contribution < -0.4 is 5.32 Å². The standard InChI is InChI=1S/C22H26N4O3S2/c1-15-9-10-16(2)20(13-15)26-12-11-23-22(26)30-17(3)21(27)24-18-7-6-8-19(14-18)31(28,29)25(4)5/h6-14,17H,1-5H3,(H,24,27). The molecule has 1 amide bonds. The van der Waals surface area contributed by atoms with Crippen molar-refractivity contribution in [2.75, 3.05) is 19.4 Å². The first-order chi connectivity index (χ1) is 14.6. The molecule has 1 unspecified atom stereocenters. The number of nitrogens with one attached hydrogen (secondary N) is 1. The van der Waals surface area contributed by atoms with Crippen LogP contribution in [0.4, 0.5) is 5.69 Å². The number of imidazole rings is 1. The van der Waals surface area contributed by atoms with Gasteiger partial charge >= 0.3 is 0 Å². The summed E-state index contributed by atoms with van der Waals surface area (Å²) in [7, 11) is -0.638. The number of hydrogen-bond acceptors (Lipinski definition) is 5. The number of carbonyl (C=O) groups excluding carboxylic acids is 1. The van der Waals surface area contributed by atoms with Crippen LogP contribution in [0, 0.1) is 13.8 Å². The number of thioether (sulfide) groups is 1. The third-order valence-corrected chi connectivity index (χ3v) is 7.65. The van der Waals surface area contributed by atoms with E-state index < -0.39 is 15.3 Å². The van der Waals surface area contributed by atoms with Crippen molar-refractivity contribution in [3.8, 4) is 5.69 Å². The highest BCUT2D eigenvalue weighted by atomic mass is 32.2. The maximum Gasteiger partial charge on any atom is 0.242 e. The van der Waals surface area contributed by atoms with Crippen molar-refractivity contribution < 1.29 is 13.2 Å². The molecule has 9 heteroatoms. The smallest absolute Gasteiger partial charge is 0.242 e. The van der Waals surface area contributed by atoms with Gasteiger partial charge in [-0.05, 0) is 56.2 Å². The molecule has 0 saturated heterocycles. The van der Waals surface area contributed by atoms with Crippen LogP contribution in [0.3, 0.4) is 0 Å². The third-order valence-electron chi connectivity index (χ3n) is 4.76. The predicted molar refractivity (Wildman–Crippen MR) is 124 cm³/mol. The van der Waals surface area contributed by atoms with Crippen molar-refractivity contribution in [2.24, 2.45) is 0 Å². The average Bonchev–Trinajstić information content (AvgIpc) is 3.17. The highest BCUT2D eigenvalue weighted by Crippen LogP contribution is 2.27. The van der Waals surface area contributed by atoms with E-state index in [9.17, 15) is 13.2 Å². The number of aryl methyl sites for hydroxylation is 2. The van der Waals surface area contributed by atoms with Gasteiger partial charge in [0.25, 0.3) is 0 Å². The van der Waals surface area contributed by atoms with E-state index in [2.05, 4.69) is 28.5 Å². The lowest BCUT2D eigenvalue weighted by Gasteiger charge is -2.16.